The third-order valence-electron chi connectivity index (χ3n) is 4.53. The second-order valence-corrected chi connectivity index (χ2v) is 6.90. The Bertz CT molecular complexity index is 856. The van der Waals surface area contributed by atoms with Gasteiger partial charge >= 0.3 is 0 Å². The molecule has 1 aliphatic rings. The molecule has 0 aromatic heterocycles. The summed E-state index contributed by atoms with van der Waals surface area (Å²) in [6.45, 7) is 0.399. The highest BCUT2D eigenvalue weighted by atomic mass is 127. The quantitative estimate of drug-likeness (QED) is 0.298. The van der Waals surface area contributed by atoms with Gasteiger partial charge in [0, 0.05) is 17.3 Å². The van der Waals surface area contributed by atoms with Crippen LogP contribution in [0.4, 0.5) is 11.4 Å². The number of nitrogens with zero attached hydrogens (tertiary/aromatic N) is 1. The Kier molecular flexibility index (Phi) is 8.37. The second kappa shape index (κ2) is 10.5. The first-order valence-electron chi connectivity index (χ1n) is 8.85. The maximum atomic E-state index is 12.1. The molecule has 0 radical (unpaired) electrons. The number of guanidine groups is 1. The molecule has 28 heavy (non-hydrogen) atoms. The molecule has 0 spiro atoms. The molecule has 0 atom stereocenters. The molecule has 150 valence electrons. The summed E-state index contributed by atoms with van der Waals surface area (Å²) in [4.78, 5) is 16.4. The second-order valence-electron chi connectivity index (χ2n) is 6.49. The maximum absolute atomic E-state index is 12.1. The molecule has 0 saturated heterocycles. The van der Waals surface area contributed by atoms with Gasteiger partial charge in [0.05, 0.1) is 18.7 Å². The van der Waals surface area contributed by atoms with Crippen LogP contribution in [-0.4, -0.2) is 19.0 Å². The smallest absolute Gasteiger partial charge is 0.227 e. The van der Waals surface area contributed by atoms with Crippen molar-refractivity contribution in [3.05, 3.63) is 53.1 Å². The monoisotopic (exact) mass is 514 g/mol. The van der Waals surface area contributed by atoms with Crippen LogP contribution in [0.3, 0.4) is 0 Å². The number of ether oxygens (including phenoxy) is 1. The van der Waals surface area contributed by atoms with Gasteiger partial charge in [0.2, 0.25) is 5.91 Å². The van der Waals surface area contributed by atoms with Gasteiger partial charge in [-0.05, 0) is 48.7 Å². The molecule has 1 fully saturated rings. The van der Waals surface area contributed by atoms with E-state index in [-0.39, 0.29) is 41.8 Å². The largest absolute Gasteiger partial charge is 0.495 e. The highest BCUT2D eigenvalue weighted by Crippen LogP contribution is 2.28. The van der Waals surface area contributed by atoms with Gasteiger partial charge in [-0.3, -0.25) is 4.79 Å². The van der Waals surface area contributed by atoms with Crippen molar-refractivity contribution in [3.63, 3.8) is 0 Å². The summed E-state index contributed by atoms with van der Waals surface area (Å²) in [7, 11) is 1.56. The summed E-state index contributed by atoms with van der Waals surface area (Å²) in [6, 6.07) is 12.9. The van der Waals surface area contributed by atoms with E-state index in [1.165, 1.54) is 0 Å². The van der Waals surface area contributed by atoms with Crippen molar-refractivity contribution in [2.45, 2.75) is 25.8 Å². The van der Waals surface area contributed by atoms with E-state index in [9.17, 15) is 4.79 Å². The fourth-order valence-corrected chi connectivity index (χ4v) is 3.03. The molecule has 1 saturated carbocycles. The number of aliphatic imine (C=N–C) groups is 1. The Morgan fingerprint density at radius 3 is 2.61 bits per heavy atom. The lowest BCUT2D eigenvalue weighted by Crippen LogP contribution is -2.28. The normalized spacial score (nSPS) is 13.9. The molecule has 0 unspecified atom stereocenters. The standard InChI is InChI=1S/C20H23ClN4O2.HI/c1-27-18-9-8-16(11-17(18)21)25-20(22)23-12-13-4-2-7-15(10-13)24-19(26)14-5-3-6-14;/h2,4,7-11,14H,3,5-6,12H2,1H3,(H,24,26)(H3,22,23,25);1H. The lowest BCUT2D eigenvalue weighted by atomic mass is 9.85. The fraction of sp³-hybridized carbons (Fsp3) is 0.300. The fourth-order valence-electron chi connectivity index (χ4n) is 2.77. The minimum Gasteiger partial charge on any atom is -0.495 e. The van der Waals surface area contributed by atoms with Crippen molar-refractivity contribution in [3.8, 4) is 5.75 Å². The van der Waals surface area contributed by atoms with Crippen molar-refractivity contribution < 1.29 is 9.53 Å². The number of benzene rings is 2. The first kappa shape index (κ1) is 22.3. The van der Waals surface area contributed by atoms with E-state index in [1.807, 2.05) is 30.3 Å². The van der Waals surface area contributed by atoms with Crippen molar-refractivity contribution in [2.24, 2.45) is 16.6 Å². The Hall–Kier alpha value is -2.00. The van der Waals surface area contributed by atoms with Crippen molar-refractivity contribution in [1.82, 2.24) is 0 Å². The van der Waals surface area contributed by atoms with Gasteiger partial charge in [0.25, 0.3) is 0 Å². The molecule has 0 heterocycles. The number of methoxy groups -OCH3 is 1. The summed E-state index contributed by atoms with van der Waals surface area (Å²) in [5, 5.41) is 6.46. The van der Waals surface area contributed by atoms with Crippen molar-refractivity contribution in [2.75, 3.05) is 17.7 Å². The number of nitrogens with one attached hydrogen (secondary N) is 2. The average molecular weight is 515 g/mol. The van der Waals surface area contributed by atoms with E-state index in [1.54, 1.807) is 19.2 Å². The van der Waals surface area contributed by atoms with E-state index in [2.05, 4.69) is 15.6 Å². The van der Waals surface area contributed by atoms with Crippen molar-refractivity contribution in [1.29, 1.82) is 0 Å². The van der Waals surface area contributed by atoms with Crippen LogP contribution in [0.25, 0.3) is 0 Å². The van der Waals surface area contributed by atoms with Gasteiger partial charge in [-0.1, -0.05) is 30.2 Å². The first-order chi connectivity index (χ1) is 13.0. The van der Waals surface area contributed by atoms with Crippen LogP contribution >= 0.6 is 35.6 Å². The molecule has 3 rings (SSSR count). The highest BCUT2D eigenvalue weighted by Gasteiger charge is 2.25. The Morgan fingerprint density at radius 2 is 1.96 bits per heavy atom. The molecule has 2 aromatic rings. The number of nitrogens with two attached hydrogens (primary N) is 1. The molecular formula is C20H24ClIN4O2. The molecule has 6 nitrogen and oxygen atoms in total. The van der Waals surface area contributed by atoms with Gasteiger partial charge < -0.3 is 21.1 Å². The number of hydrogen-bond donors (Lipinski definition) is 3. The van der Waals surface area contributed by atoms with Gasteiger partial charge in [-0.2, -0.15) is 0 Å². The zero-order valence-electron chi connectivity index (χ0n) is 15.6. The molecule has 0 bridgehead atoms. The molecule has 0 aliphatic heterocycles. The first-order valence-corrected chi connectivity index (χ1v) is 9.23. The summed E-state index contributed by atoms with van der Waals surface area (Å²) in [6.07, 6.45) is 3.10. The molecular weight excluding hydrogens is 491 g/mol. The van der Waals surface area contributed by atoms with Crippen LogP contribution in [0.15, 0.2) is 47.5 Å². The van der Waals surface area contributed by atoms with E-state index in [0.29, 0.717) is 17.3 Å². The number of anilines is 2. The minimum atomic E-state index is 0. The van der Waals surface area contributed by atoms with Gasteiger partial charge in [-0.15, -0.1) is 24.0 Å². The minimum absolute atomic E-state index is 0. The Balaban J connectivity index is 0.00000280. The third-order valence-corrected chi connectivity index (χ3v) is 4.82. The zero-order chi connectivity index (χ0) is 19.2. The third kappa shape index (κ3) is 6.00. The lowest BCUT2D eigenvalue weighted by molar-refractivity contribution is -0.122. The van der Waals surface area contributed by atoms with Crippen molar-refractivity contribution >= 4 is 58.8 Å². The van der Waals surface area contributed by atoms with Crippen LogP contribution < -0.4 is 21.1 Å². The average Bonchev–Trinajstić information content (AvgIpc) is 2.59. The number of amides is 1. The van der Waals surface area contributed by atoms with Crippen LogP contribution in [0.1, 0.15) is 24.8 Å². The highest BCUT2D eigenvalue weighted by molar-refractivity contribution is 14.0. The topological polar surface area (TPSA) is 88.7 Å². The maximum Gasteiger partial charge on any atom is 0.227 e. The van der Waals surface area contributed by atoms with Crippen LogP contribution in [0.2, 0.25) is 5.02 Å². The van der Waals surface area contributed by atoms with Gasteiger partial charge in [0.1, 0.15) is 5.75 Å². The molecule has 8 heteroatoms. The molecule has 1 aliphatic carbocycles. The number of rotatable bonds is 6. The Labute approximate surface area is 186 Å². The number of carbonyl (C=O) groups excluding carboxylic acids is 1. The summed E-state index contributed by atoms with van der Waals surface area (Å²) in [5.41, 5.74) is 8.42. The van der Waals surface area contributed by atoms with Crippen LogP contribution in [-0.2, 0) is 11.3 Å². The van der Waals surface area contributed by atoms with Gasteiger partial charge in [0.15, 0.2) is 5.96 Å². The molecule has 2 aromatic carbocycles. The number of halogens is 2. The van der Waals surface area contributed by atoms with E-state index in [0.717, 1.165) is 36.2 Å². The molecule has 1 amide bonds. The van der Waals surface area contributed by atoms with Crippen LogP contribution in [0, 0.1) is 5.92 Å². The number of carbonyl (C=O) groups is 1. The molecule has 4 N–H and O–H groups in total. The van der Waals surface area contributed by atoms with Crippen LogP contribution in [0.5, 0.6) is 5.75 Å². The summed E-state index contributed by atoms with van der Waals surface area (Å²) in [5.74, 6) is 1.13. The predicted molar refractivity (Wildman–Crippen MR) is 125 cm³/mol. The number of hydrogen-bond acceptors (Lipinski definition) is 3. The summed E-state index contributed by atoms with van der Waals surface area (Å²) >= 11 is 6.10. The van der Waals surface area contributed by atoms with E-state index >= 15 is 0 Å². The Morgan fingerprint density at radius 1 is 1.21 bits per heavy atom. The SMILES string of the molecule is COc1ccc(NC(N)=NCc2cccc(NC(=O)C3CCC3)c2)cc1Cl.I. The predicted octanol–water partition coefficient (Wildman–Crippen LogP) is 4.63. The van der Waals surface area contributed by atoms with E-state index < -0.39 is 0 Å². The van der Waals surface area contributed by atoms with Gasteiger partial charge in [-0.25, -0.2) is 4.99 Å². The summed E-state index contributed by atoms with van der Waals surface area (Å²) < 4.78 is 5.12. The van der Waals surface area contributed by atoms with E-state index in [4.69, 9.17) is 22.1 Å². The lowest BCUT2D eigenvalue weighted by Gasteiger charge is -2.24. The zero-order valence-corrected chi connectivity index (χ0v) is 18.7.